The highest BCUT2D eigenvalue weighted by atomic mass is 16.6. The molecule has 1 aliphatic heterocycles. The molecule has 10 heteroatoms. The molecule has 0 unspecified atom stereocenters. The van der Waals surface area contributed by atoms with Crippen LogP contribution >= 0.6 is 0 Å². The van der Waals surface area contributed by atoms with E-state index in [1.54, 1.807) is 12.3 Å². The molecule has 0 spiro atoms. The molecule has 0 saturated carbocycles. The van der Waals surface area contributed by atoms with E-state index in [1.807, 2.05) is 17.9 Å². The summed E-state index contributed by atoms with van der Waals surface area (Å²) in [6.07, 6.45) is 2.95. The number of rotatable bonds is 6. The van der Waals surface area contributed by atoms with Gasteiger partial charge in [0.2, 0.25) is 11.6 Å². The predicted molar refractivity (Wildman–Crippen MR) is 96.7 cm³/mol. The van der Waals surface area contributed by atoms with E-state index in [0.717, 1.165) is 5.56 Å². The van der Waals surface area contributed by atoms with Crippen LogP contribution in [0.2, 0.25) is 0 Å². The topological polar surface area (TPSA) is 121 Å². The van der Waals surface area contributed by atoms with E-state index < -0.39 is 4.92 Å². The van der Waals surface area contributed by atoms with Crippen molar-refractivity contribution in [2.75, 3.05) is 49.5 Å². The molecule has 0 atom stereocenters. The average Bonchev–Trinajstić information content (AvgIpc) is 2.62. The number of hydrogen-bond acceptors (Lipinski definition) is 9. The summed E-state index contributed by atoms with van der Waals surface area (Å²) < 4.78 is 0. The lowest BCUT2D eigenvalue weighted by molar-refractivity contribution is -0.383. The van der Waals surface area contributed by atoms with Gasteiger partial charge in [0.05, 0.1) is 11.5 Å². The zero-order valence-corrected chi connectivity index (χ0v) is 14.5. The number of aliphatic hydroxyl groups is 1. The fourth-order valence-corrected chi connectivity index (χ4v) is 2.91. The molecule has 0 amide bonds. The number of nitro groups is 1. The van der Waals surface area contributed by atoms with Crippen LogP contribution in [0, 0.1) is 17.0 Å². The second-order valence-electron chi connectivity index (χ2n) is 6.05. The van der Waals surface area contributed by atoms with Gasteiger partial charge in [-0.2, -0.15) is 0 Å². The van der Waals surface area contributed by atoms with Gasteiger partial charge in [-0.1, -0.05) is 0 Å². The Bertz CT molecular complexity index is 778. The summed E-state index contributed by atoms with van der Waals surface area (Å²) in [5.74, 6) is 0.908. The number of aryl methyl sites for hydroxylation is 1. The molecule has 0 aromatic carbocycles. The summed E-state index contributed by atoms with van der Waals surface area (Å²) in [6.45, 7) is 5.24. The van der Waals surface area contributed by atoms with Gasteiger partial charge < -0.3 is 15.3 Å². The first kappa shape index (κ1) is 18.0. The van der Waals surface area contributed by atoms with Crippen LogP contribution in [-0.4, -0.2) is 69.2 Å². The Morgan fingerprint density at radius 2 is 2.04 bits per heavy atom. The van der Waals surface area contributed by atoms with Gasteiger partial charge in [0.15, 0.2) is 0 Å². The standard InChI is InChI=1S/C16H21N7O3/c1-12-2-3-17-13(10-12)20-15-14(23(25)26)16(19-11-18-15)22-6-4-21(5-7-22)8-9-24/h2-3,10-11,24H,4-9H2,1H3,(H,17,18,19,20). The first-order chi connectivity index (χ1) is 12.6. The van der Waals surface area contributed by atoms with Gasteiger partial charge in [0, 0.05) is 38.9 Å². The fourth-order valence-electron chi connectivity index (χ4n) is 2.91. The first-order valence-corrected chi connectivity index (χ1v) is 8.35. The Balaban J connectivity index is 1.86. The summed E-state index contributed by atoms with van der Waals surface area (Å²) in [7, 11) is 0. The van der Waals surface area contributed by atoms with Gasteiger partial charge in [-0.25, -0.2) is 15.0 Å². The molecule has 10 nitrogen and oxygen atoms in total. The normalized spacial score (nSPS) is 15.1. The smallest absolute Gasteiger partial charge is 0.353 e. The highest BCUT2D eigenvalue weighted by Gasteiger charge is 2.29. The van der Waals surface area contributed by atoms with Gasteiger partial charge in [-0.15, -0.1) is 0 Å². The molecule has 138 valence electrons. The van der Waals surface area contributed by atoms with Crippen molar-refractivity contribution in [3.05, 3.63) is 40.3 Å². The third-order valence-electron chi connectivity index (χ3n) is 4.24. The fraction of sp³-hybridized carbons (Fsp3) is 0.438. The lowest BCUT2D eigenvalue weighted by atomic mass is 10.3. The Labute approximate surface area is 150 Å². The third kappa shape index (κ3) is 4.03. The number of anilines is 3. The molecule has 2 aromatic heterocycles. The van der Waals surface area contributed by atoms with Crippen molar-refractivity contribution in [1.29, 1.82) is 0 Å². The van der Waals surface area contributed by atoms with E-state index in [0.29, 0.717) is 44.4 Å². The molecule has 1 aliphatic rings. The maximum Gasteiger partial charge on any atom is 0.353 e. The van der Waals surface area contributed by atoms with Crippen LogP contribution in [0.4, 0.5) is 23.1 Å². The SMILES string of the molecule is Cc1ccnc(Nc2ncnc(N3CCN(CCO)CC3)c2[N+](=O)[O-])c1. The molecule has 2 aromatic rings. The van der Waals surface area contributed by atoms with E-state index in [1.165, 1.54) is 6.33 Å². The molecule has 1 saturated heterocycles. The monoisotopic (exact) mass is 359 g/mol. The van der Waals surface area contributed by atoms with Crippen molar-refractivity contribution < 1.29 is 10.0 Å². The molecular formula is C16H21N7O3. The molecule has 3 rings (SSSR count). The van der Waals surface area contributed by atoms with Crippen LogP contribution < -0.4 is 10.2 Å². The minimum atomic E-state index is -0.465. The van der Waals surface area contributed by atoms with Crippen LogP contribution in [0.25, 0.3) is 0 Å². The zero-order chi connectivity index (χ0) is 18.5. The summed E-state index contributed by atoms with van der Waals surface area (Å²) in [5, 5.41) is 23.7. The van der Waals surface area contributed by atoms with Crippen LogP contribution in [0.3, 0.4) is 0 Å². The summed E-state index contributed by atoms with van der Waals surface area (Å²) in [6, 6.07) is 3.63. The zero-order valence-electron chi connectivity index (χ0n) is 14.5. The largest absolute Gasteiger partial charge is 0.395 e. The Morgan fingerprint density at radius 1 is 1.27 bits per heavy atom. The van der Waals surface area contributed by atoms with Gasteiger partial charge in [-0.3, -0.25) is 15.0 Å². The maximum atomic E-state index is 11.7. The molecule has 2 N–H and O–H groups in total. The Hall–Kier alpha value is -2.85. The minimum absolute atomic E-state index is 0.102. The second kappa shape index (κ2) is 8.02. The predicted octanol–water partition coefficient (Wildman–Crippen LogP) is 0.946. The van der Waals surface area contributed by atoms with Crippen molar-refractivity contribution >= 4 is 23.1 Å². The van der Waals surface area contributed by atoms with Crippen LogP contribution in [0.15, 0.2) is 24.7 Å². The van der Waals surface area contributed by atoms with Gasteiger partial charge in [-0.05, 0) is 24.6 Å². The van der Waals surface area contributed by atoms with Crippen LogP contribution in [0.5, 0.6) is 0 Å². The van der Waals surface area contributed by atoms with Gasteiger partial charge >= 0.3 is 5.69 Å². The number of pyridine rings is 1. The first-order valence-electron chi connectivity index (χ1n) is 8.35. The molecule has 3 heterocycles. The quantitative estimate of drug-likeness (QED) is 0.573. The maximum absolute atomic E-state index is 11.7. The number of aliphatic hydroxyl groups excluding tert-OH is 1. The lowest BCUT2D eigenvalue weighted by Gasteiger charge is -2.34. The van der Waals surface area contributed by atoms with Crippen molar-refractivity contribution in [1.82, 2.24) is 19.9 Å². The number of piperazine rings is 1. The van der Waals surface area contributed by atoms with Crippen LogP contribution in [-0.2, 0) is 0 Å². The lowest BCUT2D eigenvalue weighted by Crippen LogP contribution is -2.47. The van der Waals surface area contributed by atoms with Crippen molar-refractivity contribution in [3.8, 4) is 0 Å². The summed E-state index contributed by atoms with van der Waals surface area (Å²) in [5.41, 5.74) is 0.825. The molecule has 1 fully saturated rings. The molecule has 0 bridgehead atoms. The number of nitrogens with one attached hydrogen (secondary N) is 1. The van der Waals surface area contributed by atoms with E-state index in [-0.39, 0.29) is 18.1 Å². The third-order valence-corrected chi connectivity index (χ3v) is 4.24. The van der Waals surface area contributed by atoms with Gasteiger partial charge in [0.25, 0.3) is 0 Å². The average molecular weight is 359 g/mol. The molecule has 0 radical (unpaired) electrons. The number of β-amino-alcohol motifs (C(OH)–C–C–N with tert-alkyl or cyclic N) is 1. The molecule has 0 aliphatic carbocycles. The van der Waals surface area contributed by atoms with E-state index in [2.05, 4.69) is 25.2 Å². The number of nitrogens with zero attached hydrogens (tertiary/aromatic N) is 6. The Kier molecular flexibility index (Phi) is 5.54. The van der Waals surface area contributed by atoms with E-state index in [9.17, 15) is 10.1 Å². The highest BCUT2D eigenvalue weighted by Crippen LogP contribution is 2.33. The molecular weight excluding hydrogens is 338 g/mol. The van der Waals surface area contributed by atoms with Crippen molar-refractivity contribution in [3.63, 3.8) is 0 Å². The molecule has 26 heavy (non-hydrogen) atoms. The van der Waals surface area contributed by atoms with E-state index >= 15 is 0 Å². The second-order valence-corrected chi connectivity index (χ2v) is 6.05. The van der Waals surface area contributed by atoms with Crippen molar-refractivity contribution in [2.24, 2.45) is 0 Å². The van der Waals surface area contributed by atoms with Crippen LogP contribution in [0.1, 0.15) is 5.56 Å². The summed E-state index contributed by atoms with van der Waals surface area (Å²) >= 11 is 0. The number of aromatic nitrogens is 3. The summed E-state index contributed by atoms with van der Waals surface area (Å²) in [4.78, 5) is 27.6. The van der Waals surface area contributed by atoms with Gasteiger partial charge in [0.1, 0.15) is 12.1 Å². The number of hydrogen-bond donors (Lipinski definition) is 2. The van der Waals surface area contributed by atoms with E-state index in [4.69, 9.17) is 5.11 Å². The Morgan fingerprint density at radius 3 is 2.69 bits per heavy atom. The van der Waals surface area contributed by atoms with Crippen molar-refractivity contribution in [2.45, 2.75) is 6.92 Å². The highest BCUT2D eigenvalue weighted by molar-refractivity contribution is 5.73. The minimum Gasteiger partial charge on any atom is -0.395 e.